The first-order valence-corrected chi connectivity index (χ1v) is 6.10. The highest BCUT2D eigenvalue weighted by atomic mass is 16.6. The van der Waals surface area contributed by atoms with Crippen molar-refractivity contribution in [3.8, 4) is 0 Å². The fourth-order valence-corrected chi connectivity index (χ4v) is 2.48. The maximum absolute atomic E-state index is 9.60. The van der Waals surface area contributed by atoms with E-state index in [1.807, 2.05) is 25.1 Å². The third kappa shape index (κ3) is 2.13. The molecule has 88 valence electrons. The Bertz CT molecular complexity index is 334. The third-order valence-corrected chi connectivity index (χ3v) is 3.23. The lowest BCUT2D eigenvalue weighted by atomic mass is 9.88. The predicted molar refractivity (Wildman–Crippen MR) is 64.2 cm³/mol. The molecule has 0 unspecified atom stereocenters. The summed E-state index contributed by atoms with van der Waals surface area (Å²) in [6.07, 6.45) is 2.86. The minimum absolute atomic E-state index is 0.217. The molecule has 1 saturated heterocycles. The van der Waals surface area contributed by atoms with Crippen LogP contribution >= 0.6 is 0 Å². The molecule has 0 amide bonds. The molecule has 2 nitrogen and oxygen atoms in total. The van der Waals surface area contributed by atoms with Gasteiger partial charge in [-0.3, -0.25) is 0 Å². The molecule has 16 heavy (non-hydrogen) atoms. The summed E-state index contributed by atoms with van der Waals surface area (Å²) in [5.74, 6) is 0. The molecule has 1 heterocycles. The van der Waals surface area contributed by atoms with Gasteiger partial charge in [0.15, 0.2) is 0 Å². The largest absolute Gasteiger partial charge is 0.393 e. The fourth-order valence-electron chi connectivity index (χ4n) is 2.48. The molecule has 0 aliphatic carbocycles. The highest BCUT2D eigenvalue weighted by Gasteiger charge is 2.56. The molecule has 1 fully saturated rings. The zero-order valence-corrected chi connectivity index (χ0v) is 10.0. The number of hydrogen-bond donors (Lipinski definition) is 1. The summed E-state index contributed by atoms with van der Waals surface area (Å²) in [7, 11) is 0. The molecule has 0 saturated carbocycles. The van der Waals surface area contributed by atoms with E-state index in [0.717, 1.165) is 12.8 Å². The summed E-state index contributed by atoms with van der Waals surface area (Å²) in [4.78, 5) is 0. The van der Waals surface area contributed by atoms with Crippen molar-refractivity contribution in [2.75, 3.05) is 0 Å². The standard InChI is InChI=1S/C14H20O2/c1-3-7-13-14(16-13,10-11(2)15)12-8-5-4-6-9-12/h4-6,8-9,11,13,15H,3,7,10H2,1-2H3/t11-,13+,14-/m0/s1. The van der Waals surface area contributed by atoms with E-state index in [1.165, 1.54) is 5.56 Å². The Labute approximate surface area is 97.3 Å². The van der Waals surface area contributed by atoms with Crippen LogP contribution in [0.1, 0.15) is 38.7 Å². The van der Waals surface area contributed by atoms with Crippen molar-refractivity contribution in [1.82, 2.24) is 0 Å². The normalized spacial score (nSPS) is 30.1. The average molecular weight is 220 g/mol. The molecule has 3 atom stereocenters. The quantitative estimate of drug-likeness (QED) is 0.774. The van der Waals surface area contributed by atoms with Crippen LogP contribution in [0.5, 0.6) is 0 Å². The Kier molecular flexibility index (Phi) is 3.31. The molecule has 1 aliphatic rings. The maximum atomic E-state index is 9.60. The number of benzene rings is 1. The number of ether oxygens (including phenoxy) is 1. The Morgan fingerprint density at radius 3 is 2.62 bits per heavy atom. The number of aliphatic hydroxyl groups is 1. The van der Waals surface area contributed by atoms with Crippen molar-refractivity contribution in [3.63, 3.8) is 0 Å². The van der Waals surface area contributed by atoms with Gasteiger partial charge in [-0.1, -0.05) is 43.7 Å². The van der Waals surface area contributed by atoms with Gasteiger partial charge < -0.3 is 9.84 Å². The van der Waals surface area contributed by atoms with Gasteiger partial charge in [0.25, 0.3) is 0 Å². The van der Waals surface area contributed by atoms with Crippen LogP contribution in [0, 0.1) is 0 Å². The van der Waals surface area contributed by atoms with Crippen LogP contribution in [0.2, 0.25) is 0 Å². The van der Waals surface area contributed by atoms with Crippen LogP contribution in [0.4, 0.5) is 0 Å². The highest BCUT2D eigenvalue weighted by molar-refractivity contribution is 5.29. The summed E-state index contributed by atoms with van der Waals surface area (Å²) in [5, 5.41) is 9.60. The van der Waals surface area contributed by atoms with E-state index in [4.69, 9.17) is 4.74 Å². The SMILES string of the molecule is CCC[C@H]1O[C@@]1(C[C@H](C)O)c1ccccc1. The first-order chi connectivity index (χ1) is 7.69. The van der Waals surface area contributed by atoms with E-state index < -0.39 is 0 Å². The molecule has 0 aromatic heterocycles. The minimum Gasteiger partial charge on any atom is -0.393 e. The van der Waals surface area contributed by atoms with Gasteiger partial charge in [0.2, 0.25) is 0 Å². The zero-order valence-electron chi connectivity index (χ0n) is 10.0. The van der Waals surface area contributed by atoms with E-state index in [1.54, 1.807) is 0 Å². The van der Waals surface area contributed by atoms with Crippen LogP contribution in [0.15, 0.2) is 30.3 Å². The molecule has 1 aliphatic heterocycles. The number of hydrogen-bond acceptors (Lipinski definition) is 2. The lowest BCUT2D eigenvalue weighted by Crippen LogP contribution is -2.19. The van der Waals surface area contributed by atoms with Gasteiger partial charge in [0.1, 0.15) is 5.60 Å². The monoisotopic (exact) mass is 220 g/mol. The average Bonchev–Trinajstić information content (AvgIpc) is 2.94. The second kappa shape index (κ2) is 4.56. The maximum Gasteiger partial charge on any atom is 0.122 e. The molecule has 0 radical (unpaired) electrons. The van der Waals surface area contributed by atoms with Crippen molar-refractivity contribution in [2.24, 2.45) is 0 Å². The van der Waals surface area contributed by atoms with Crippen molar-refractivity contribution in [2.45, 2.75) is 50.9 Å². The van der Waals surface area contributed by atoms with Crippen LogP contribution in [-0.2, 0) is 10.3 Å². The summed E-state index contributed by atoms with van der Waals surface area (Å²) in [6.45, 7) is 4.00. The van der Waals surface area contributed by atoms with Crippen molar-refractivity contribution >= 4 is 0 Å². The number of rotatable bonds is 5. The molecule has 0 bridgehead atoms. The van der Waals surface area contributed by atoms with Crippen molar-refractivity contribution < 1.29 is 9.84 Å². The zero-order chi connectivity index (χ0) is 11.6. The summed E-state index contributed by atoms with van der Waals surface area (Å²) in [6, 6.07) is 10.3. The van der Waals surface area contributed by atoms with Crippen molar-refractivity contribution in [1.29, 1.82) is 0 Å². The van der Waals surface area contributed by atoms with Gasteiger partial charge in [-0.05, 0) is 18.9 Å². The van der Waals surface area contributed by atoms with Gasteiger partial charge in [0.05, 0.1) is 12.2 Å². The molecular weight excluding hydrogens is 200 g/mol. The predicted octanol–water partition coefficient (Wildman–Crippen LogP) is 2.85. The summed E-state index contributed by atoms with van der Waals surface area (Å²) in [5.41, 5.74) is 0.986. The first-order valence-electron chi connectivity index (χ1n) is 6.10. The lowest BCUT2D eigenvalue weighted by molar-refractivity contribution is 0.139. The molecule has 2 rings (SSSR count). The Hall–Kier alpha value is -0.860. The van der Waals surface area contributed by atoms with Crippen LogP contribution in [0.25, 0.3) is 0 Å². The minimum atomic E-state index is -0.318. The molecule has 1 aromatic rings. The number of aliphatic hydroxyl groups excluding tert-OH is 1. The smallest absolute Gasteiger partial charge is 0.122 e. The van der Waals surface area contributed by atoms with E-state index >= 15 is 0 Å². The number of epoxide rings is 1. The molecular formula is C14H20O2. The van der Waals surface area contributed by atoms with Gasteiger partial charge in [0, 0.05) is 6.42 Å². The van der Waals surface area contributed by atoms with E-state index in [2.05, 4.69) is 19.1 Å². The Morgan fingerprint density at radius 1 is 1.38 bits per heavy atom. The topological polar surface area (TPSA) is 32.8 Å². The third-order valence-electron chi connectivity index (χ3n) is 3.23. The molecule has 1 N–H and O–H groups in total. The van der Waals surface area contributed by atoms with E-state index in [-0.39, 0.29) is 17.8 Å². The summed E-state index contributed by atoms with van der Waals surface area (Å²) < 4.78 is 5.88. The second-order valence-corrected chi connectivity index (χ2v) is 4.70. The summed E-state index contributed by atoms with van der Waals surface area (Å²) >= 11 is 0. The van der Waals surface area contributed by atoms with E-state index in [9.17, 15) is 5.11 Å². The molecule has 2 heteroatoms. The first kappa shape index (κ1) is 11.6. The van der Waals surface area contributed by atoms with Gasteiger partial charge >= 0.3 is 0 Å². The highest BCUT2D eigenvalue weighted by Crippen LogP contribution is 2.51. The second-order valence-electron chi connectivity index (χ2n) is 4.70. The van der Waals surface area contributed by atoms with Crippen LogP contribution < -0.4 is 0 Å². The Balaban J connectivity index is 2.18. The molecule has 1 aromatic carbocycles. The fraction of sp³-hybridized carbons (Fsp3) is 0.571. The van der Waals surface area contributed by atoms with Crippen LogP contribution in [-0.4, -0.2) is 17.3 Å². The molecule has 0 spiro atoms. The van der Waals surface area contributed by atoms with Crippen LogP contribution in [0.3, 0.4) is 0 Å². The van der Waals surface area contributed by atoms with Crippen molar-refractivity contribution in [3.05, 3.63) is 35.9 Å². The lowest BCUT2D eigenvalue weighted by Gasteiger charge is -2.15. The van der Waals surface area contributed by atoms with Gasteiger partial charge in [-0.25, -0.2) is 0 Å². The van der Waals surface area contributed by atoms with Gasteiger partial charge in [-0.15, -0.1) is 0 Å². The van der Waals surface area contributed by atoms with Gasteiger partial charge in [-0.2, -0.15) is 0 Å². The van der Waals surface area contributed by atoms with E-state index in [0.29, 0.717) is 6.42 Å². The Morgan fingerprint density at radius 2 is 2.06 bits per heavy atom.